The number of carboxylic acid groups (broad SMARTS) is 1. The number of rotatable bonds is 7. The van der Waals surface area contributed by atoms with Gasteiger partial charge in [0, 0.05) is 17.3 Å². The number of aliphatic carboxylic acids is 1. The summed E-state index contributed by atoms with van der Waals surface area (Å²) in [6.45, 7) is -0.841. The van der Waals surface area contributed by atoms with Crippen molar-refractivity contribution >= 4 is 29.2 Å². The van der Waals surface area contributed by atoms with Gasteiger partial charge in [-0.15, -0.1) is 0 Å². The fraction of sp³-hybridized carbons (Fsp3) is 0.357. The van der Waals surface area contributed by atoms with Gasteiger partial charge in [-0.1, -0.05) is 0 Å². The molecule has 2 amide bonds. The van der Waals surface area contributed by atoms with Crippen molar-refractivity contribution in [3.05, 3.63) is 24.3 Å². The van der Waals surface area contributed by atoms with Gasteiger partial charge in [-0.25, -0.2) is 4.79 Å². The zero-order chi connectivity index (χ0) is 15.2. The van der Waals surface area contributed by atoms with Gasteiger partial charge in [0.1, 0.15) is 13.2 Å². The Morgan fingerprint density at radius 1 is 1.05 bits per heavy atom. The lowest BCUT2D eigenvalue weighted by molar-refractivity contribution is -0.143. The highest BCUT2D eigenvalue weighted by Gasteiger charge is 2.29. The van der Waals surface area contributed by atoms with E-state index in [1.807, 2.05) is 0 Å². The van der Waals surface area contributed by atoms with Gasteiger partial charge >= 0.3 is 5.97 Å². The molecule has 112 valence electrons. The molecule has 1 aromatic carbocycles. The normalized spacial score (nSPS) is 13.5. The molecule has 1 aromatic rings. The fourth-order valence-corrected chi connectivity index (χ4v) is 1.65. The van der Waals surface area contributed by atoms with E-state index in [4.69, 9.17) is 5.11 Å². The molecule has 1 aliphatic carbocycles. The minimum absolute atomic E-state index is 0.0221. The molecule has 3 N–H and O–H groups in total. The number of carboxylic acids is 1. The number of hydrogen-bond donors (Lipinski definition) is 3. The lowest BCUT2D eigenvalue weighted by Gasteiger charge is -2.07. The first-order chi connectivity index (χ1) is 10.0. The van der Waals surface area contributed by atoms with E-state index in [9.17, 15) is 14.4 Å². The molecule has 0 saturated heterocycles. The number of hydrogen-bond acceptors (Lipinski definition) is 4. The maximum Gasteiger partial charge on any atom is 0.329 e. The van der Waals surface area contributed by atoms with E-state index >= 15 is 0 Å². The maximum absolute atomic E-state index is 11.6. The molecule has 2 rings (SSSR count). The second-order valence-electron chi connectivity index (χ2n) is 4.78. The van der Waals surface area contributed by atoms with Crippen LogP contribution in [0.15, 0.2) is 24.3 Å². The summed E-state index contributed by atoms with van der Waals surface area (Å²) in [6.07, 6.45) is 1.88. The van der Waals surface area contributed by atoms with Gasteiger partial charge < -0.3 is 20.5 Å². The molecular formula is C14H16N2O5. The standard InChI is InChI=1S/C14H16N2O5/c17-12(7-21-8-13(18)19)15-10-3-5-11(6-4-10)16-14(20)9-1-2-9/h3-6,9H,1-2,7-8H2,(H,15,17)(H,16,20)(H,18,19). The third-order valence-electron chi connectivity index (χ3n) is 2.84. The van der Waals surface area contributed by atoms with Crippen LogP contribution in [0.3, 0.4) is 0 Å². The van der Waals surface area contributed by atoms with E-state index in [-0.39, 0.29) is 18.4 Å². The lowest BCUT2D eigenvalue weighted by atomic mass is 10.2. The molecule has 1 saturated carbocycles. The zero-order valence-electron chi connectivity index (χ0n) is 11.3. The minimum Gasteiger partial charge on any atom is -0.480 e. The Balaban J connectivity index is 1.77. The van der Waals surface area contributed by atoms with E-state index in [2.05, 4.69) is 15.4 Å². The Morgan fingerprint density at radius 2 is 1.62 bits per heavy atom. The van der Waals surface area contributed by atoms with Gasteiger partial charge in [0.05, 0.1) is 0 Å². The summed E-state index contributed by atoms with van der Waals surface area (Å²) in [5, 5.41) is 13.7. The summed E-state index contributed by atoms with van der Waals surface area (Å²) < 4.78 is 4.67. The van der Waals surface area contributed by atoms with Crippen molar-refractivity contribution in [2.75, 3.05) is 23.8 Å². The molecule has 0 radical (unpaired) electrons. The lowest BCUT2D eigenvalue weighted by Crippen LogP contribution is -2.20. The van der Waals surface area contributed by atoms with Gasteiger partial charge in [0.25, 0.3) is 0 Å². The molecule has 7 heteroatoms. The summed E-state index contributed by atoms with van der Waals surface area (Å²) in [4.78, 5) is 33.2. The van der Waals surface area contributed by atoms with Crippen LogP contribution in [-0.4, -0.2) is 36.1 Å². The van der Waals surface area contributed by atoms with Crippen LogP contribution in [0.1, 0.15) is 12.8 Å². The van der Waals surface area contributed by atoms with Gasteiger partial charge in [-0.3, -0.25) is 9.59 Å². The molecule has 0 heterocycles. The van der Waals surface area contributed by atoms with E-state index in [1.54, 1.807) is 24.3 Å². The molecular weight excluding hydrogens is 276 g/mol. The monoisotopic (exact) mass is 292 g/mol. The summed E-state index contributed by atoms with van der Waals surface area (Å²) in [7, 11) is 0. The predicted octanol–water partition coefficient (Wildman–Crippen LogP) is 1.07. The van der Waals surface area contributed by atoms with Crippen LogP contribution in [0.5, 0.6) is 0 Å². The largest absolute Gasteiger partial charge is 0.480 e. The number of carbonyl (C=O) groups is 3. The average Bonchev–Trinajstić information content (AvgIpc) is 3.25. The van der Waals surface area contributed by atoms with Gasteiger partial charge in [-0.05, 0) is 37.1 Å². The molecule has 0 spiro atoms. The summed E-state index contributed by atoms with van der Waals surface area (Å²) in [5.74, 6) is -1.41. The Hall–Kier alpha value is -2.41. The first-order valence-electron chi connectivity index (χ1n) is 6.55. The highest BCUT2D eigenvalue weighted by Crippen LogP contribution is 2.30. The van der Waals surface area contributed by atoms with Gasteiger partial charge in [0.15, 0.2) is 0 Å². The number of nitrogens with one attached hydrogen (secondary N) is 2. The van der Waals surface area contributed by atoms with Crippen LogP contribution in [0.4, 0.5) is 11.4 Å². The molecule has 0 aliphatic heterocycles. The van der Waals surface area contributed by atoms with Crippen LogP contribution in [-0.2, 0) is 19.1 Å². The number of amides is 2. The van der Waals surface area contributed by atoms with Crippen LogP contribution < -0.4 is 10.6 Å². The fourth-order valence-electron chi connectivity index (χ4n) is 1.65. The molecule has 0 atom stereocenters. The van der Waals surface area contributed by atoms with Crippen LogP contribution in [0.2, 0.25) is 0 Å². The number of benzene rings is 1. The number of carbonyl (C=O) groups excluding carboxylic acids is 2. The summed E-state index contributed by atoms with van der Waals surface area (Å²) >= 11 is 0. The maximum atomic E-state index is 11.6. The predicted molar refractivity (Wildman–Crippen MR) is 74.9 cm³/mol. The zero-order valence-corrected chi connectivity index (χ0v) is 11.3. The topological polar surface area (TPSA) is 105 Å². The SMILES string of the molecule is O=C(O)COCC(=O)Nc1ccc(NC(=O)C2CC2)cc1. The van der Waals surface area contributed by atoms with Crippen molar-refractivity contribution in [3.63, 3.8) is 0 Å². The quantitative estimate of drug-likeness (QED) is 0.697. The van der Waals surface area contributed by atoms with Gasteiger partial charge in [0.2, 0.25) is 11.8 Å². The van der Waals surface area contributed by atoms with Crippen molar-refractivity contribution in [1.82, 2.24) is 0 Å². The Morgan fingerprint density at radius 3 is 2.14 bits per heavy atom. The molecule has 1 fully saturated rings. The second-order valence-corrected chi connectivity index (χ2v) is 4.78. The molecule has 21 heavy (non-hydrogen) atoms. The highest BCUT2D eigenvalue weighted by molar-refractivity contribution is 5.95. The molecule has 0 aromatic heterocycles. The summed E-state index contributed by atoms with van der Waals surface area (Å²) in [5.41, 5.74) is 1.22. The van der Waals surface area contributed by atoms with Crippen LogP contribution in [0, 0.1) is 5.92 Å². The number of ether oxygens (including phenoxy) is 1. The second kappa shape index (κ2) is 6.85. The van der Waals surface area contributed by atoms with Crippen molar-refractivity contribution in [3.8, 4) is 0 Å². The molecule has 0 unspecified atom stereocenters. The average molecular weight is 292 g/mol. The Bertz CT molecular complexity index is 537. The van der Waals surface area contributed by atoms with E-state index in [0.717, 1.165) is 12.8 Å². The molecule has 1 aliphatic rings. The molecule has 0 bridgehead atoms. The smallest absolute Gasteiger partial charge is 0.329 e. The minimum atomic E-state index is -1.13. The van der Waals surface area contributed by atoms with Crippen LogP contribution in [0.25, 0.3) is 0 Å². The van der Waals surface area contributed by atoms with Crippen molar-refractivity contribution in [2.45, 2.75) is 12.8 Å². The first-order valence-corrected chi connectivity index (χ1v) is 6.55. The first kappa shape index (κ1) is 15.0. The Labute approximate surface area is 121 Å². The third kappa shape index (κ3) is 5.23. The van der Waals surface area contributed by atoms with Crippen molar-refractivity contribution < 1.29 is 24.2 Å². The van der Waals surface area contributed by atoms with E-state index in [1.165, 1.54) is 0 Å². The van der Waals surface area contributed by atoms with Crippen molar-refractivity contribution in [1.29, 1.82) is 0 Å². The number of anilines is 2. The van der Waals surface area contributed by atoms with Crippen molar-refractivity contribution in [2.24, 2.45) is 5.92 Å². The molecule has 7 nitrogen and oxygen atoms in total. The highest BCUT2D eigenvalue weighted by atomic mass is 16.5. The van der Waals surface area contributed by atoms with E-state index < -0.39 is 18.5 Å². The van der Waals surface area contributed by atoms with Crippen LogP contribution >= 0.6 is 0 Å². The van der Waals surface area contributed by atoms with Gasteiger partial charge in [-0.2, -0.15) is 0 Å². The summed E-state index contributed by atoms with van der Waals surface area (Å²) in [6, 6.07) is 6.68. The Kier molecular flexibility index (Phi) is 4.89. The third-order valence-corrected chi connectivity index (χ3v) is 2.84. The van der Waals surface area contributed by atoms with E-state index in [0.29, 0.717) is 11.4 Å².